The summed E-state index contributed by atoms with van der Waals surface area (Å²) in [7, 11) is -3.74. The number of rotatable bonds is 8. The molecule has 0 radical (unpaired) electrons. The Labute approximate surface area is 208 Å². The Morgan fingerprint density at radius 3 is 2.26 bits per heavy atom. The number of sulfonamides is 1. The minimum absolute atomic E-state index is 0.273. The van der Waals surface area contributed by atoms with E-state index in [4.69, 9.17) is 14.6 Å². The summed E-state index contributed by atoms with van der Waals surface area (Å²) >= 11 is 0. The van der Waals surface area contributed by atoms with Crippen LogP contribution in [0.5, 0.6) is 0 Å². The first kappa shape index (κ1) is 24.3. The highest BCUT2D eigenvalue weighted by Gasteiger charge is 2.29. The van der Waals surface area contributed by atoms with Gasteiger partial charge >= 0.3 is 0 Å². The van der Waals surface area contributed by atoms with Crippen molar-refractivity contribution in [2.75, 3.05) is 37.3 Å². The van der Waals surface area contributed by atoms with Crippen molar-refractivity contribution in [3.63, 3.8) is 0 Å². The molecule has 7 nitrogen and oxygen atoms in total. The molecule has 0 aliphatic carbocycles. The van der Waals surface area contributed by atoms with E-state index in [2.05, 4.69) is 6.92 Å². The topological polar surface area (TPSA) is 73.7 Å². The molecule has 0 amide bonds. The first-order chi connectivity index (χ1) is 17.0. The molecule has 2 aliphatic heterocycles. The minimum Gasteiger partial charge on any atom is -0.381 e. The average molecular weight is 498 g/mol. The highest BCUT2D eigenvalue weighted by atomic mass is 32.2. The van der Waals surface area contributed by atoms with Crippen molar-refractivity contribution in [2.45, 2.75) is 50.5 Å². The molecule has 1 aromatic heterocycles. The number of benzene rings is 2. The van der Waals surface area contributed by atoms with Crippen LogP contribution in [0, 0.1) is 11.8 Å². The molecule has 2 saturated heterocycles. The van der Waals surface area contributed by atoms with Crippen molar-refractivity contribution in [2.24, 2.45) is 11.8 Å². The van der Waals surface area contributed by atoms with E-state index in [-0.39, 0.29) is 5.92 Å². The van der Waals surface area contributed by atoms with Crippen LogP contribution in [-0.2, 0) is 32.5 Å². The summed E-state index contributed by atoms with van der Waals surface area (Å²) in [4.78, 5) is 0.308. The van der Waals surface area contributed by atoms with Gasteiger partial charge in [0, 0.05) is 51.1 Å². The normalized spacial score (nSPS) is 18.2. The molecule has 5 rings (SSSR count). The van der Waals surface area contributed by atoms with Crippen molar-refractivity contribution < 1.29 is 17.9 Å². The molecule has 2 fully saturated rings. The maximum atomic E-state index is 14.0. The van der Waals surface area contributed by atoms with Gasteiger partial charge in [-0.3, -0.25) is 8.99 Å². The van der Waals surface area contributed by atoms with Gasteiger partial charge in [-0.15, -0.1) is 0 Å². The predicted molar refractivity (Wildman–Crippen MR) is 137 cm³/mol. The van der Waals surface area contributed by atoms with Gasteiger partial charge in [0.05, 0.1) is 16.1 Å². The summed E-state index contributed by atoms with van der Waals surface area (Å²) in [6, 6.07) is 13.2. The van der Waals surface area contributed by atoms with E-state index in [0.29, 0.717) is 36.3 Å². The van der Waals surface area contributed by atoms with Gasteiger partial charge in [-0.1, -0.05) is 19.1 Å². The first-order valence-corrected chi connectivity index (χ1v) is 14.2. The van der Waals surface area contributed by atoms with Gasteiger partial charge < -0.3 is 9.47 Å². The Hall–Kier alpha value is -2.42. The van der Waals surface area contributed by atoms with Crippen LogP contribution in [0.4, 0.5) is 5.69 Å². The van der Waals surface area contributed by atoms with Crippen molar-refractivity contribution in [1.82, 2.24) is 9.78 Å². The van der Waals surface area contributed by atoms with Crippen molar-refractivity contribution in [3.05, 3.63) is 54.2 Å². The summed E-state index contributed by atoms with van der Waals surface area (Å²) < 4.78 is 42.5. The van der Waals surface area contributed by atoms with Crippen LogP contribution < -0.4 is 4.31 Å². The molecule has 0 saturated carbocycles. The SMILES string of the molecule is CCc1ccc(N(CC2CCOCC2)S(=O)(=O)c2ccc3nn(CC4CCOCC4)cc3c2)cc1. The summed E-state index contributed by atoms with van der Waals surface area (Å²) in [5, 5.41) is 5.55. The highest BCUT2D eigenvalue weighted by molar-refractivity contribution is 7.92. The van der Waals surface area contributed by atoms with E-state index in [1.54, 1.807) is 16.4 Å². The predicted octanol–water partition coefficient (Wildman–Crippen LogP) is 4.65. The van der Waals surface area contributed by atoms with Gasteiger partial charge in [0.2, 0.25) is 0 Å². The van der Waals surface area contributed by atoms with Gasteiger partial charge in [-0.25, -0.2) is 8.42 Å². The molecule has 0 spiro atoms. The number of aromatic nitrogens is 2. The van der Waals surface area contributed by atoms with Crippen LogP contribution >= 0.6 is 0 Å². The standard InChI is InChI=1S/C27H35N3O4S/c1-2-21-3-5-25(6-4-21)30(19-23-11-15-34-16-12-23)35(31,32)26-7-8-27-24(17-26)20-29(28-27)18-22-9-13-33-14-10-22/h3-8,17,20,22-23H,2,9-16,18-19H2,1H3. The van der Waals surface area contributed by atoms with Gasteiger partial charge in [-0.05, 0) is 79.8 Å². The van der Waals surface area contributed by atoms with Gasteiger partial charge in [0.1, 0.15) is 0 Å². The Kier molecular flexibility index (Phi) is 7.41. The zero-order valence-corrected chi connectivity index (χ0v) is 21.3. The van der Waals surface area contributed by atoms with E-state index in [0.717, 1.165) is 62.8 Å². The average Bonchev–Trinajstić information content (AvgIpc) is 3.30. The van der Waals surface area contributed by atoms with Crippen LogP contribution in [0.15, 0.2) is 53.6 Å². The van der Waals surface area contributed by atoms with Crippen LogP contribution in [0.2, 0.25) is 0 Å². The summed E-state index contributed by atoms with van der Waals surface area (Å²) in [6.45, 7) is 6.37. The maximum Gasteiger partial charge on any atom is 0.264 e. The molecule has 0 unspecified atom stereocenters. The number of anilines is 1. The van der Waals surface area contributed by atoms with Crippen LogP contribution in [0.3, 0.4) is 0 Å². The molecule has 0 atom stereocenters. The molecule has 188 valence electrons. The zero-order chi connectivity index (χ0) is 24.3. The summed E-state index contributed by atoms with van der Waals surface area (Å²) in [5.41, 5.74) is 2.72. The van der Waals surface area contributed by atoms with E-state index in [1.165, 1.54) is 5.56 Å². The Morgan fingerprint density at radius 2 is 1.60 bits per heavy atom. The van der Waals surface area contributed by atoms with E-state index in [1.807, 2.05) is 41.2 Å². The van der Waals surface area contributed by atoms with Crippen molar-refractivity contribution >= 4 is 26.6 Å². The summed E-state index contributed by atoms with van der Waals surface area (Å²) in [5.74, 6) is 0.817. The lowest BCUT2D eigenvalue weighted by atomic mass is 10.0. The van der Waals surface area contributed by atoms with E-state index in [9.17, 15) is 8.42 Å². The fraction of sp³-hybridized carbons (Fsp3) is 0.519. The quantitative estimate of drug-likeness (QED) is 0.453. The largest absolute Gasteiger partial charge is 0.381 e. The number of fused-ring (bicyclic) bond motifs is 1. The number of hydrogen-bond donors (Lipinski definition) is 0. The number of nitrogens with zero attached hydrogens (tertiary/aromatic N) is 3. The third-order valence-electron chi connectivity index (χ3n) is 7.29. The number of aryl methyl sites for hydroxylation is 1. The fourth-order valence-electron chi connectivity index (χ4n) is 5.03. The second-order valence-corrected chi connectivity index (χ2v) is 11.6. The monoisotopic (exact) mass is 497 g/mol. The minimum atomic E-state index is -3.74. The lowest BCUT2D eigenvalue weighted by Crippen LogP contribution is -2.37. The maximum absolute atomic E-state index is 14.0. The lowest BCUT2D eigenvalue weighted by molar-refractivity contribution is 0.0602. The Balaban J connectivity index is 1.44. The van der Waals surface area contributed by atoms with Gasteiger partial charge in [0.15, 0.2) is 0 Å². The van der Waals surface area contributed by atoms with Crippen LogP contribution in [-0.4, -0.2) is 51.2 Å². The smallest absolute Gasteiger partial charge is 0.264 e. The molecular weight excluding hydrogens is 462 g/mol. The van der Waals surface area contributed by atoms with Crippen molar-refractivity contribution in [3.8, 4) is 0 Å². The lowest BCUT2D eigenvalue weighted by Gasteiger charge is -2.31. The molecule has 0 N–H and O–H groups in total. The second kappa shape index (κ2) is 10.7. The van der Waals surface area contributed by atoms with Gasteiger partial charge in [-0.2, -0.15) is 5.10 Å². The second-order valence-electron chi connectivity index (χ2n) is 9.74. The Bertz CT molecular complexity index is 1230. The third-order valence-corrected chi connectivity index (χ3v) is 9.08. The van der Waals surface area contributed by atoms with Crippen LogP contribution in [0.1, 0.15) is 38.2 Å². The molecule has 2 aliphatic rings. The molecule has 3 aromatic rings. The van der Waals surface area contributed by atoms with E-state index < -0.39 is 10.0 Å². The molecule has 2 aromatic carbocycles. The fourth-order valence-corrected chi connectivity index (χ4v) is 6.61. The molecular formula is C27H35N3O4S. The molecule has 3 heterocycles. The first-order valence-electron chi connectivity index (χ1n) is 12.8. The molecule has 8 heteroatoms. The number of ether oxygens (including phenoxy) is 2. The Morgan fingerprint density at radius 1 is 0.943 bits per heavy atom. The van der Waals surface area contributed by atoms with Gasteiger partial charge in [0.25, 0.3) is 10.0 Å². The van der Waals surface area contributed by atoms with E-state index >= 15 is 0 Å². The van der Waals surface area contributed by atoms with Crippen LogP contribution in [0.25, 0.3) is 10.9 Å². The number of hydrogen-bond acceptors (Lipinski definition) is 5. The highest BCUT2D eigenvalue weighted by Crippen LogP contribution is 2.30. The third kappa shape index (κ3) is 5.55. The zero-order valence-electron chi connectivity index (χ0n) is 20.4. The molecule has 0 bridgehead atoms. The van der Waals surface area contributed by atoms with Crippen molar-refractivity contribution in [1.29, 1.82) is 0 Å². The summed E-state index contributed by atoms with van der Waals surface area (Å²) in [6.07, 6.45) is 6.71. The molecule has 35 heavy (non-hydrogen) atoms.